The van der Waals surface area contributed by atoms with Gasteiger partial charge in [0.2, 0.25) is 0 Å². The molecule has 2 aromatic rings. The van der Waals surface area contributed by atoms with Crippen LogP contribution in [0.4, 0.5) is 10.1 Å². The van der Waals surface area contributed by atoms with Gasteiger partial charge in [-0.2, -0.15) is 0 Å². The maximum atomic E-state index is 14.6. The van der Waals surface area contributed by atoms with E-state index in [0.29, 0.717) is 5.56 Å². The van der Waals surface area contributed by atoms with Gasteiger partial charge in [0.1, 0.15) is 5.82 Å². The third-order valence-electron chi connectivity index (χ3n) is 4.30. The van der Waals surface area contributed by atoms with Gasteiger partial charge in [0, 0.05) is 54.7 Å². The van der Waals surface area contributed by atoms with Crippen molar-refractivity contribution < 1.29 is 4.39 Å². The first kappa shape index (κ1) is 13.9. The highest BCUT2D eigenvalue weighted by Crippen LogP contribution is 2.38. The van der Waals surface area contributed by atoms with Crippen molar-refractivity contribution in [3.8, 4) is 0 Å². The predicted molar refractivity (Wildman–Crippen MR) is 89.9 cm³/mol. The van der Waals surface area contributed by atoms with Crippen LogP contribution in [0.3, 0.4) is 0 Å². The molecular weight excluding hydrogens is 297 g/mol. The average molecular weight is 315 g/mol. The summed E-state index contributed by atoms with van der Waals surface area (Å²) in [5.74, 6) is -0.138. The quantitative estimate of drug-likeness (QED) is 0.682. The van der Waals surface area contributed by atoms with Gasteiger partial charge in [-0.1, -0.05) is 11.8 Å². The van der Waals surface area contributed by atoms with Crippen LogP contribution in [0.25, 0.3) is 12.3 Å². The van der Waals surface area contributed by atoms with Gasteiger partial charge >= 0.3 is 0 Å². The maximum Gasteiger partial charge on any atom is 0.133 e. The second-order valence-corrected chi connectivity index (χ2v) is 6.86. The van der Waals surface area contributed by atoms with E-state index in [1.54, 1.807) is 17.8 Å². The number of likely N-dealkylation sites (N-methyl/N-ethyl adjacent to an activating group) is 1. The third-order valence-corrected chi connectivity index (χ3v) is 5.41. The lowest BCUT2D eigenvalue weighted by atomic mass is 10.1. The molecule has 0 spiro atoms. The monoisotopic (exact) mass is 315 g/mol. The molecule has 2 aliphatic heterocycles. The first-order valence-corrected chi connectivity index (χ1v) is 8.32. The van der Waals surface area contributed by atoms with Crippen molar-refractivity contribution in [3.63, 3.8) is 0 Å². The topological polar surface area (TPSA) is 11.4 Å². The summed E-state index contributed by atoms with van der Waals surface area (Å²) in [6.07, 6.45) is 5.78. The molecule has 114 valence electrons. The third kappa shape index (κ3) is 2.44. The van der Waals surface area contributed by atoms with Gasteiger partial charge in [-0.25, -0.2) is 4.39 Å². The molecule has 3 nitrogen and oxygen atoms in total. The summed E-state index contributed by atoms with van der Waals surface area (Å²) in [4.78, 5) is 5.57. The number of piperazine rings is 1. The summed E-state index contributed by atoms with van der Waals surface area (Å²) < 4.78 is 16.6. The highest BCUT2D eigenvalue weighted by Gasteiger charge is 2.19. The highest BCUT2D eigenvalue weighted by atomic mass is 32.2. The van der Waals surface area contributed by atoms with Crippen LogP contribution in [0.5, 0.6) is 0 Å². The molecule has 22 heavy (non-hydrogen) atoms. The van der Waals surface area contributed by atoms with Gasteiger partial charge in [0.25, 0.3) is 0 Å². The second kappa shape index (κ2) is 5.48. The minimum atomic E-state index is -0.138. The summed E-state index contributed by atoms with van der Waals surface area (Å²) >= 11 is 1.63. The molecule has 2 aliphatic rings. The Morgan fingerprint density at radius 1 is 1.14 bits per heavy atom. The minimum Gasteiger partial charge on any atom is -0.369 e. The van der Waals surface area contributed by atoms with Crippen molar-refractivity contribution in [3.05, 3.63) is 41.8 Å². The van der Waals surface area contributed by atoms with E-state index in [2.05, 4.69) is 29.0 Å². The molecule has 0 saturated carbocycles. The Balaban J connectivity index is 1.71. The minimum absolute atomic E-state index is 0.138. The number of benzene rings is 1. The number of hydrogen-bond donors (Lipinski definition) is 0. The second-order valence-electron chi connectivity index (χ2n) is 5.80. The zero-order valence-corrected chi connectivity index (χ0v) is 13.3. The Hall–Kier alpha value is -1.72. The number of nitrogens with zero attached hydrogens (tertiary/aromatic N) is 3. The van der Waals surface area contributed by atoms with Crippen molar-refractivity contribution >= 4 is 29.7 Å². The Kier molecular flexibility index (Phi) is 3.47. The molecule has 0 aliphatic carbocycles. The van der Waals surface area contributed by atoms with E-state index < -0.39 is 0 Å². The standard InChI is InChI=1S/C17H18FN3S/c1-19-7-9-20(10-8-19)13-11-15(18)14-4-6-21-5-2-3-17(21)22-16(14)12-13/h2-6,11-12H,7-10H2,1H3. The van der Waals surface area contributed by atoms with Crippen molar-refractivity contribution in [1.29, 1.82) is 0 Å². The number of fused-ring (bicyclic) bond motifs is 2. The van der Waals surface area contributed by atoms with Crippen molar-refractivity contribution in [1.82, 2.24) is 9.47 Å². The van der Waals surface area contributed by atoms with E-state index in [1.807, 2.05) is 29.1 Å². The molecule has 0 N–H and O–H groups in total. The van der Waals surface area contributed by atoms with Crippen LogP contribution >= 0.6 is 11.8 Å². The van der Waals surface area contributed by atoms with E-state index in [4.69, 9.17) is 0 Å². The van der Waals surface area contributed by atoms with E-state index in [-0.39, 0.29) is 5.82 Å². The molecule has 1 aromatic carbocycles. The highest BCUT2D eigenvalue weighted by molar-refractivity contribution is 7.99. The number of anilines is 1. The van der Waals surface area contributed by atoms with E-state index >= 15 is 0 Å². The average Bonchev–Trinajstić information content (AvgIpc) is 2.87. The zero-order valence-electron chi connectivity index (χ0n) is 12.5. The van der Waals surface area contributed by atoms with Gasteiger partial charge < -0.3 is 14.4 Å². The molecule has 0 bridgehead atoms. The zero-order chi connectivity index (χ0) is 15.1. The number of halogens is 1. The molecular formula is C17H18FN3S. The lowest BCUT2D eigenvalue weighted by Crippen LogP contribution is -2.44. The molecule has 1 fully saturated rings. The maximum absolute atomic E-state index is 14.6. The SMILES string of the molecule is CN1CCN(c2cc(F)c3c(c2)Sc2cccn2C=C3)CC1. The van der Waals surface area contributed by atoms with Gasteiger partial charge in [-0.3, -0.25) is 0 Å². The van der Waals surface area contributed by atoms with Crippen LogP contribution in [-0.4, -0.2) is 42.7 Å². The Morgan fingerprint density at radius 2 is 1.95 bits per heavy atom. The molecule has 5 heteroatoms. The van der Waals surface area contributed by atoms with E-state index in [1.165, 1.54) is 0 Å². The summed E-state index contributed by atoms with van der Waals surface area (Å²) in [5.41, 5.74) is 1.68. The summed E-state index contributed by atoms with van der Waals surface area (Å²) in [6, 6.07) is 7.87. The molecule has 4 rings (SSSR count). The molecule has 1 saturated heterocycles. The van der Waals surface area contributed by atoms with Gasteiger partial charge in [-0.15, -0.1) is 0 Å². The van der Waals surface area contributed by atoms with Gasteiger partial charge in [0.15, 0.2) is 0 Å². The summed E-state index contributed by atoms with van der Waals surface area (Å²) in [7, 11) is 2.13. The van der Waals surface area contributed by atoms with Crippen LogP contribution in [0.2, 0.25) is 0 Å². The predicted octanol–water partition coefficient (Wildman–Crippen LogP) is 3.47. The number of hydrogen-bond acceptors (Lipinski definition) is 3. The van der Waals surface area contributed by atoms with E-state index in [9.17, 15) is 4.39 Å². The Morgan fingerprint density at radius 3 is 2.77 bits per heavy atom. The van der Waals surface area contributed by atoms with Crippen LogP contribution in [-0.2, 0) is 0 Å². The molecule has 1 aromatic heterocycles. The molecule has 0 atom stereocenters. The van der Waals surface area contributed by atoms with Crippen LogP contribution in [0.1, 0.15) is 5.56 Å². The van der Waals surface area contributed by atoms with Gasteiger partial charge in [0.05, 0.1) is 5.03 Å². The molecule has 0 radical (unpaired) electrons. The molecule has 0 unspecified atom stereocenters. The lowest BCUT2D eigenvalue weighted by Gasteiger charge is -2.34. The van der Waals surface area contributed by atoms with E-state index in [0.717, 1.165) is 41.8 Å². The fourth-order valence-electron chi connectivity index (χ4n) is 2.93. The molecule has 3 heterocycles. The van der Waals surface area contributed by atoms with Crippen molar-refractivity contribution in [2.24, 2.45) is 0 Å². The van der Waals surface area contributed by atoms with Gasteiger partial charge in [-0.05, 0) is 37.4 Å². The smallest absolute Gasteiger partial charge is 0.133 e. The van der Waals surface area contributed by atoms with Crippen LogP contribution < -0.4 is 4.90 Å². The first-order valence-electron chi connectivity index (χ1n) is 7.51. The first-order chi connectivity index (χ1) is 10.7. The summed E-state index contributed by atoms with van der Waals surface area (Å²) in [6.45, 7) is 3.94. The van der Waals surface area contributed by atoms with Crippen LogP contribution in [0, 0.1) is 5.82 Å². The van der Waals surface area contributed by atoms with Crippen molar-refractivity contribution in [2.45, 2.75) is 9.92 Å². The fraction of sp³-hybridized carbons (Fsp3) is 0.294. The Bertz CT molecular complexity index is 730. The summed E-state index contributed by atoms with van der Waals surface area (Å²) in [5, 5.41) is 1.12. The normalized spacial score (nSPS) is 18.0. The Labute approximate surface area is 134 Å². The molecule has 0 amide bonds. The number of aromatic nitrogens is 1. The largest absolute Gasteiger partial charge is 0.369 e. The number of rotatable bonds is 1. The fourth-order valence-corrected chi connectivity index (χ4v) is 3.98. The van der Waals surface area contributed by atoms with Crippen molar-refractivity contribution in [2.75, 3.05) is 38.1 Å². The van der Waals surface area contributed by atoms with Crippen LogP contribution in [0.15, 0.2) is 40.4 Å². The lowest BCUT2D eigenvalue weighted by molar-refractivity contribution is 0.312.